The summed E-state index contributed by atoms with van der Waals surface area (Å²) in [6.45, 7) is 4.35. The van der Waals surface area contributed by atoms with Crippen LogP contribution in [0.5, 0.6) is 0 Å². The first-order chi connectivity index (χ1) is 10.9. The van der Waals surface area contributed by atoms with E-state index >= 15 is 0 Å². The Morgan fingerprint density at radius 1 is 1.13 bits per heavy atom. The predicted octanol–water partition coefficient (Wildman–Crippen LogP) is 3.02. The molecular formula is C17H18N2O3S. The third-order valence-corrected chi connectivity index (χ3v) is 5.35. The molecule has 23 heavy (non-hydrogen) atoms. The van der Waals surface area contributed by atoms with Crippen molar-refractivity contribution in [3.63, 3.8) is 0 Å². The molecule has 1 heterocycles. The van der Waals surface area contributed by atoms with Crippen LogP contribution in [-0.4, -0.2) is 21.0 Å². The molecule has 0 radical (unpaired) electrons. The SMILES string of the molecule is Cc1ccc(S(=O)(=O)NC(=O)N2CC(C)c3ccccc32)cc1. The van der Waals surface area contributed by atoms with E-state index in [1.165, 1.54) is 17.0 Å². The summed E-state index contributed by atoms with van der Waals surface area (Å²) in [5.74, 6) is 0.180. The second-order valence-electron chi connectivity index (χ2n) is 5.79. The van der Waals surface area contributed by atoms with Gasteiger partial charge in [0.05, 0.1) is 4.90 Å². The Hall–Kier alpha value is -2.34. The average molecular weight is 330 g/mol. The first-order valence-electron chi connectivity index (χ1n) is 7.38. The number of aryl methyl sites for hydroxylation is 1. The minimum Gasteiger partial charge on any atom is -0.293 e. The normalized spacial score (nSPS) is 17.0. The Labute approximate surface area is 136 Å². The molecule has 0 fully saturated rings. The Balaban J connectivity index is 1.84. The monoisotopic (exact) mass is 330 g/mol. The lowest BCUT2D eigenvalue weighted by molar-refractivity contribution is 0.251. The van der Waals surface area contributed by atoms with E-state index in [4.69, 9.17) is 0 Å². The zero-order chi connectivity index (χ0) is 16.6. The molecule has 0 saturated carbocycles. The lowest BCUT2D eigenvalue weighted by Crippen LogP contribution is -2.42. The van der Waals surface area contributed by atoms with E-state index in [0.29, 0.717) is 6.54 Å². The van der Waals surface area contributed by atoms with Crippen molar-refractivity contribution in [1.29, 1.82) is 0 Å². The second-order valence-corrected chi connectivity index (χ2v) is 7.48. The standard InChI is InChI=1S/C17H18N2O3S/c1-12-7-9-14(10-8-12)23(21,22)18-17(20)19-11-13(2)15-5-3-4-6-16(15)19/h3-10,13H,11H2,1-2H3,(H,18,20). The summed E-state index contributed by atoms with van der Waals surface area (Å²) >= 11 is 0. The maximum Gasteiger partial charge on any atom is 0.335 e. The summed E-state index contributed by atoms with van der Waals surface area (Å²) in [6.07, 6.45) is 0. The number of sulfonamides is 1. The predicted molar refractivity (Wildman–Crippen MR) is 89.1 cm³/mol. The highest BCUT2D eigenvalue weighted by molar-refractivity contribution is 7.90. The minimum atomic E-state index is -3.87. The number of carbonyl (C=O) groups is 1. The molecule has 6 heteroatoms. The van der Waals surface area contributed by atoms with Gasteiger partial charge in [-0.2, -0.15) is 0 Å². The fourth-order valence-electron chi connectivity index (χ4n) is 2.76. The molecule has 2 amide bonds. The summed E-state index contributed by atoms with van der Waals surface area (Å²) in [5, 5.41) is 0. The van der Waals surface area contributed by atoms with Crippen molar-refractivity contribution in [1.82, 2.24) is 4.72 Å². The summed E-state index contributed by atoms with van der Waals surface area (Å²) in [5.41, 5.74) is 2.77. The first kappa shape index (κ1) is 15.6. The molecule has 2 aromatic carbocycles. The molecule has 1 unspecified atom stereocenters. The maximum atomic E-state index is 12.4. The molecule has 2 aromatic rings. The van der Waals surface area contributed by atoms with Gasteiger partial charge < -0.3 is 0 Å². The van der Waals surface area contributed by atoms with Gasteiger partial charge in [-0.3, -0.25) is 4.90 Å². The molecule has 1 aliphatic heterocycles. The van der Waals surface area contributed by atoms with Crippen molar-refractivity contribution in [3.8, 4) is 0 Å². The van der Waals surface area contributed by atoms with Crippen LogP contribution < -0.4 is 9.62 Å². The van der Waals surface area contributed by atoms with Gasteiger partial charge in [-0.1, -0.05) is 42.8 Å². The molecule has 0 saturated heterocycles. The summed E-state index contributed by atoms with van der Waals surface area (Å²) < 4.78 is 26.8. The van der Waals surface area contributed by atoms with Gasteiger partial charge in [0.1, 0.15) is 0 Å². The van der Waals surface area contributed by atoms with E-state index in [9.17, 15) is 13.2 Å². The summed E-state index contributed by atoms with van der Waals surface area (Å²) in [6, 6.07) is 13.3. The van der Waals surface area contributed by atoms with Gasteiger partial charge >= 0.3 is 6.03 Å². The Kier molecular flexibility index (Phi) is 3.85. The first-order valence-corrected chi connectivity index (χ1v) is 8.87. The van der Waals surface area contributed by atoms with E-state index < -0.39 is 16.1 Å². The van der Waals surface area contributed by atoms with Gasteiger partial charge in [-0.15, -0.1) is 0 Å². The number of anilines is 1. The third kappa shape index (κ3) is 2.94. The van der Waals surface area contributed by atoms with E-state index in [2.05, 4.69) is 4.72 Å². The zero-order valence-electron chi connectivity index (χ0n) is 13.0. The molecule has 1 N–H and O–H groups in total. The second kappa shape index (κ2) is 5.70. The molecule has 1 atom stereocenters. The number of para-hydroxylation sites is 1. The molecule has 0 aliphatic carbocycles. The van der Waals surface area contributed by atoms with Crippen LogP contribution in [0.25, 0.3) is 0 Å². The number of hydrogen-bond donors (Lipinski definition) is 1. The lowest BCUT2D eigenvalue weighted by atomic mass is 10.0. The van der Waals surface area contributed by atoms with Crippen molar-refractivity contribution in [2.24, 2.45) is 0 Å². The van der Waals surface area contributed by atoms with Gasteiger partial charge in [0.15, 0.2) is 0 Å². The Morgan fingerprint density at radius 3 is 2.48 bits per heavy atom. The number of nitrogens with one attached hydrogen (secondary N) is 1. The molecule has 5 nitrogen and oxygen atoms in total. The summed E-state index contributed by atoms with van der Waals surface area (Å²) in [7, 11) is -3.87. The van der Waals surface area contributed by atoms with E-state index in [1.54, 1.807) is 12.1 Å². The molecule has 0 aromatic heterocycles. The van der Waals surface area contributed by atoms with Crippen LogP contribution in [-0.2, 0) is 10.0 Å². The number of rotatable bonds is 2. The fraction of sp³-hybridized carbons (Fsp3) is 0.235. The number of carbonyl (C=O) groups excluding carboxylic acids is 1. The molecule has 1 aliphatic rings. The summed E-state index contributed by atoms with van der Waals surface area (Å²) in [4.78, 5) is 14.0. The van der Waals surface area contributed by atoms with E-state index in [1.807, 2.05) is 38.1 Å². The Morgan fingerprint density at radius 2 is 1.78 bits per heavy atom. The number of amides is 2. The van der Waals surface area contributed by atoms with E-state index in [-0.39, 0.29) is 10.8 Å². The maximum absolute atomic E-state index is 12.4. The van der Waals surface area contributed by atoms with Crippen LogP contribution in [0.3, 0.4) is 0 Å². The largest absolute Gasteiger partial charge is 0.335 e. The topological polar surface area (TPSA) is 66.5 Å². The average Bonchev–Trinajstić information content (AvgIpc) is 2.85. The van der Waals surface area contributed by atoms with E-state index in [0.717, 1.165) is 16.8 Å². The minimum absolute atomic E-state index is 0.0805. The lowest BCUT2D eigenvalue weighted by Gasteiger charge is -2.18. The van der Waals surface area contributed by atoms with Gasteiger partial charge in [0.2, 0.25) is 0 Å². The quantitative estimate of drug-likeness (QED) is 0.920. The van der Waals surface area contributed by atoms with Gasteiger partial charge in [-0.25, -0.2) is 17.9 Å². The van der Waals surface area contributed by atoms with Crippen LogP contribution in [0.4, 0.5) is 10.5 Å². The third-order valence-electron chi connectivity index (χ3n) is 4.01. The van der Waals surface area contributed by atoms with Crippen molar-refractivity contribution in [3.05, 3.63) is 59.7 Å². The van der Waals surface area contributed by atoms with Crippen LogP contribution in [0, 0.1) is 6.92 Å². The van der Waals surface area contributed by atoms with Crippen molar-refractivity contribution < 1.29 is 13.2 Å². The number of urea groups is 1. The molecule has 3 rings (SSSR count). The number of nitrogens with zero attached hydrogens (tertiary/aromatic N) is 1. The van der Waals surface area contributed by atoms with Crippen molar-refractivity contribution >= 4 is 21.7 Å². The number of benzene rings is 2. The number of fused-ring (bicyclic) bond motifs is 1. The Bertz CT molecular complexity index is 844. The van der Waals surface area contributed by atoms with Gasteiger partial charge in [-0.05, 0) is 30.7 Å². The fourth-order valence-corrected chi connectivity index (χ4v) is 3.71. The van der Waals surface area contributed by atoms with Crippen LogP contribution in [0.1, 0.15) is 24.0 Å². The highest BCUT2D eigenvalue weighted by Crippen LogP contribution is 2.35. The van der Waals surface area contributed by atoms with Crippen LogP contribution in [0.15, 0.2) is 53.4 Å². The van der Waals surface area contributed by atoms with Gasteiger partial charge in [0, 0.05) is 18.2 Å². The number of hydrogen-bond acceptors (Lipinski definition) is 3. The smallest absolute Gasteiger partial charge is 0.293 e. The van der Waals surface area contributed by atoms with Gasteiger partial charge in [0.25, 0.3) is 10.0 Å². The van der Waals surface area contributed by atoms with Crippen molar-refractivity contribution in [2.45, 2.75) is 24.7 Å². The molecule has 120 valence electrons. The zero-order valence-corrected chi connectivity index (χ0v) is 13.8. The molecule has 0 spiro atoms. The van der Waals surface area contributed by atoms with Crippen LogP contribution in [0.2, 0.25) is 0 Å². The van der Waals surface area contributed by atoms with Crippen molar-refractivity contribution in [2.75, 3.05) is 11.4 Å². The molecule has 0 bridgehead atoms. The highest BCUT2D eigenvalue weighted by Gasteiger charge is 2.31. The molecular weight excluding hydrogens is 312 g/mol. The highest BCUT2D eigenvalue weighted by atomic mass is 32.2. The van der Waals surface area contributed by atoms with Crippen LogP contribution >= 0.6 is 0 Å².